The molecule has 1 unspecified atom stereocenters. The van der Waals surface area contributed by atoms with Crippen molar-refractivity contribution in [2.24, 2.45) is 5.73 Å². The van der Waals surface area contributed by atoms with Crippen molar-refractivity contribution in [2.75, 3.05) is 25.4 Å². The molecule has 6 N–H and O–H groups in total. The molecule has 0 bridgehead atoms. The van der Waals surface area contributed by atoms with Gasteiger partial charge in [0.05, 0.1) is 23.7 Å². The predicted octanol–water partition coefficient (Wildman–Crippen LogP) is 3.80. The van der Waals surface area contributed by atoms with E-state index in [1.165, 1.54) is 0 Å². The van der Waals surface area contributed by atoms with E-state index in [9.17, 15) is 5.11 Å². The van der Waals surface area contributed by atoms with Crippen LogP contribution in [0.4, 0.5) is 5.69 Å². The first kappa shape index (κ1) is 26.1. The van der Waals surface area contributed by atoms with Crippen LogP contribution in [-0.2, 0) is 0 Å². The van der Waals surface area contributed by atoms with Crippen LogP contribution in [0.3, 0.4) is 0 Å². The summed E-state index contributed by atoms with van der Waals surface area (Å²) in [5, 5.41) is 28.1. The number of nitrogens with one attached hydrogen (secondary N) is 1. The number of fused-ring (bicyclic) bond motifs is 1. The van der Waals surface area contributed by atoms with Gasteiger partial charge in [0.25, 0.3) is 0 Å². The molecule has 1 fully saturated rings. The van der Waals surface area contributed by atoms with Gasteiger partial charge in [-0.3, -0.25) is 11.1 Å². The molecule has 0 radical (unpaired) electrons. The predicted molar refractivity (Wildman–Crippen MR) is 147 cm³/mol. The van der Waals surface area contributed by atoms with Crippen molar-refractivity contribution in [3.05, 3.63) is 76.1 Å². The number of aliphatic hydroxyl groups is 1. The van der Waals surface area contributed by atoms with Crippen molar-refractivity contribution in [3.63, 3.8) is 0 Å². The van der Waals surface area contributed by atoms with Gasteiger partial charge in [0, 0.05) is 47.5 Å². The molecule has 5 rings (SSSR count). The zero-order valence-corrected chi connectivity index (χ0v) is 22.2. The number of aromatic nitrogens is 2. The number of aliphatic hydroxyl groups excluding tert-OH is 1. The number of benzene rings is 2. The third kappa shape index (κ3) is 4.97. The fourth-order valence-electron chi connectivity index (χ4n) is 5.60. The summed E-state index contributed by atoms with van der Waals surface area (Å²) in [6, 6.07) is 10.7. The van der Waals surface area contributed by atoms with Crippen molar-refractivity contribution in [2.45, 2.75) is 58.0 Å². The van der Waals surface area contributed by atoms with E-state index in [0.29, 0.717) is 46.0 Å². The number of ether oxygens (including phenoxy) is 2. The molecular formula is C29H36N6O3. The highest BCUT2D eigenvalue weighted by Crippen LogP contribution is 2.44. The molecule has 0 saturated carbocycles. The quantitative estimate of drug-likeness (QED) is 0.220. The number of likely N-dealkylation sites (tertiary alicyclic amines) is 1. The zero-order chi connectivity index (χ0) is 27.0. The Morgan fingerprint density at radius 1 is 1.24 bits per heavy atom. The number of aryl methyl sites for hydroxylation is 2. The van der Waals surface area contributed by atoms with E-state index >= 15 is 0 Å². The van der Waals surface area contributed by atoms with E-state index in [1.54, 1.807) is 24.4 Å². The Kier molecular flexibility index (Phi) is 7.09. The first-order chi connectivity index (χ1) is 18.2. The number of rotatable bonds is 6. The summed E-state index contributed by atoms with van der Waals surface area (Å²) in [6.45, 7) is 8.89. The fraction of sp³-hybridized carbons (Fsp3) is 0.414. The van der Waals surface area contributed by atoms with E-state index in [2.05, 4.69) is 22.0 Å². The lowest BCUT2D eigenvalue weighted by molar-refractivity contribution is -0.0531. The molecule has 2 aromatic carbocycles. The SMILES string of the molecule is CCN1CCC2(CC1)CC(O)c1cc(C(=N)c3cc(O[C@H](N)c4c(C)cnnc4C)ccc3N)ccc1O2. The lowest BCUT2D eigenvalue weighted by Gasteiger charge is -2.45. The minimum Gasteiger partial charge on any atom is -0.487 e. The maximum Gasteiger partial charge on any atom is 0.176 e. The van der Waals surface area contributed by atoms with Crippen LogP contribution in [0.5, 0.6) is 11.5 Å². The second-order valence-electron chi connectivity index (χ2n) is 10.4. The Morgan fingerprint density at radius 2 is 2.00 bits per heavy atom. The van der Waals surface area contributed by atoms with Gasteiger partial charge in [-0.25, -0.2) is 0 Å². The summed E-state index contributed by atoms with van der Waals surface area (Å²) in [6.07, 6.45) is 2.61. The molecule has 200 valence electrons. The van der Waals surface area contributed by atoms with Crippen molar-refractivity contribution in [1.82, 2.24) is 15.1 Å². The monoisotopic (exact) mass is 516 g/mol. The molecule has 2 atom stereocenters. The van der Waals surface area contributed by atoms with Gasteiger partial charge in [0.2, 0.25) is 0 Å². The van der Waals surface area contributed by atoms with Gasteiger partial charge in [0.1, 0.15) is 17.1 Å². The Morgan fingerprint density at radius 3 is 2.71 bits per heavy atom. The van der Waals surface area contributed by atoms with E-state index in [0.717, 1.165) is 43.6 Å². The largest absolute Gasteiger partial charge is 0.487 e. The van der Waals surface area contributed by atoms with Crippen LogP contribution in [0, 0.1) is 19.3 Å². The maximum absolute atomic E-state index is 11.1. The summed E-state index contributed by atoms with van der Waals surface area (Å²) in [5.41, 5.74) is 17.2. The van der Waals surface area contributed by atoms with Gasteiger partial charge >= 0.3 is 0 Å². The van der Waals surface area contributed by atoms with Crippen LogP contribution in [0.1, 0.15) is 72.0 Å². The van der Waals surface area contributed by atoms with Crippen LogP contribution in [0.15, 0.2) is 42.6 Å². The van der Waals surface area contributed by atoms with Gasteiger partial charge < -0.3 is 25.2 Å². The number of anilines is 1. The second kappa shape index (κ2) is 10.3. The van der Waals surface area contributed by atoms with E-state index in [4.69, 9.17) is 26.4 Å². The Labute approximate surface area is 223 Å². The number of nitrogens with two attached hydrogens (primary N) is 2. The molecule has 0 aliphatic carbocycles. The van der Waals surface area contributed by atoms with Gasteiger partial charge in [-0.1, -0.05) is 6.92 Å². The zero-order valence-electron chi connectivity index (χ0n) is 22.2. The number of nitrogen functional groups attached to an aromatic ring is 1. The number of piperidine rings is 1. The second-order valence-corrected chi connectivity index (χ2v) is 10.4. The summed E-state index contributed by atoms with van der Waals surface area (Å²) in [4.78, 5) is 2.41. The average molecular weight is 517 g/mol. The Hall–Kier alpha value is -3.53. The third-order valence-corrected chi connectivity index (χ3v) is 7.88. The van der Waals surface area contributed by atoms with Crippen LogP contribution >= 0.6 is 0 Å². The van der Waals surface area contributed by atoms with Crippen molar-refractivity contribution < 1.29 is 14.6 Å². The summed E-state index contributed by atoms with van der Waals surface area (Å²) in [5.74, 6) is 1.18. The van der Waals surface area contributed by atoms with Crippen LogP contribution in [0.2, 0.25) is 0 Å². The van der Waals surface area contributed by atoms with Gasteiger partial charge in [-0.2, -0.15) is 10.2 Å². The van der Waals surface area contributed by atoms with Crippen molar-refractivity contribution in [1.29, 1.82) is 5.41 Å². The standard InChI is InChI=1S/C29H36N6O3/c1-4-35-11-9-29(10-12-35)15-24(36)22-13-19(5-8-25(22)38-29)27(31)21-14-20(6-7-23(21)30)37-28(32)26-17(2)16-33-34-18(26)3/h5-8,13-14,16,24,28,31,36H,4,9-12,15,30,32H2,1-3H3/t24?,28-/m0/s1. The highest BCUT2D eigenvalue weighted by molar-refractivity contribution is 6.14. The van der Waals surface area contributed by atoms with Crippen molar-refractivity contribution >= 4 is 11.4 Å². The summed E-state index contributed by atoms with van der Waals surface area (Å²) < 4.78 is 12.5. The number of hydrogen-bond donors (Lipinski definition) is 4. The molecule has 1 saturated heterocycles. The van der Waals surface area contributed by atoms with E-state index < -0.39 is 12.3 Å². The van der Waals surface area contributed by atoms with Crippen molar-refractivity contribution in [3.8, 4) is 11.5 Å². The molecule has 0 amide bonds. The normalized spacial score (nSPS) is 19.4. The first-order valence-corrected chi connectivity index (χ1v) is 13.1. The van der Waals surface area contributed by atoms with Gasteiger partial charge in [-0.05, 0) is 75.2 Å². The molecular weight excluding hydrogens is 480 g/mol. The van der Waals surface area contributed by atoms with E-state index in [-0.39, 0.29) is 11.3 Å². The number of nitrogens with zero attached hydrogens (tertiary/aromatic N) is 3. The molecule has 3 heterocycles. The molecule has 2 aliphatic heterocycles. The first-order valence-electron chi connectivity index (χ1n) is 13.1. The fourth-order valence-corrected chi connectivity index (χ4v) is 5.60. The minimum atomic E-state index is -0.747. The lowest BCUT2D eigenvalue weighted by Crippen LogP contribution is -2.50. The highest BCUT2D eigenvalue weighted by atomic mass is 16.5. The van der Waals surface area contributed by atoms with E-state index in [1.807, 2.05) is 32.0 Å². The molecule has 9 nitrogen and oxygen atoms in total. The topological polar surface area (TPSA) is 144 Å². The molecule has 1 aromatic heterocycles. The smallest absolute Gasteiger partial charge is 0.176 e. The van der Waals surface area contributed by atoms with Gasteiger partial charge in [0.15, 0.2) is 6.23 Å². The van der Waals surface area contributed by atoms with Crippen LogP contribution in [0.25, 0.3) is 0 Å². The van der Waals surface area contributed by atoms with Gasteiger partial charge in [-0.15, -0.1) is 0 Å². The molecule has 3 aromatic rings. The summed E-state index contributed by atoms with van der Waals surface area (Å²) >= 11 is 0. The Balaban J connectivity index is 1.37. The third-order valence-electron chi connectivity index (χ3n) is 7.88. The van der Waals surface area contributed by atoms with Crippen LogP contribution in [-0.4, -0.2) is 51.2 Å². The molecule has 1 spiro atoms. The minimum absolute atomic E-state index is 0.228. The highest BCUT2D eigenvalue weighted by Gasteiger charge is 2.42. The number of hydrogen-bond acceptors (Lipinski definition) is 9. The average Bonchev–Trinajstić information content (AvgIpc) is 2.89. The molecule has 9 heteroatoms. The Bertz CT molecular complexity index is 1330. The van der Waals surface area contributed by atoms with Crippen LogP contribution < -0.4 is 20.9 Å². The molecule has 2 aliphatic rings. The summed E-state index contributed by atoms with van der Waals surface area (Å²) in [7, 11) is 0. The maximum atomic E-state index is 11.1. The lowest BCUT2D eigenvalue weighted by atomic mass is 9.81. The molecule has 38 heavy (non-hydrogen) atoms.